The minimum Gasteiger partial charge on any atom is -0.495 e. The van der Waals surface area contributed by atoms with Crippen LogP contribution in [0.4, 0.5) is 17.5 Å². The number of anilines is 3. The van der Waals surface area contributed by atoms with Crippen molar-refractivity contribution in [1.82, 2.24) is 14.9 Å². The number of hydrogen-bond acceptors (Lipinski definition) is 6. The van der Waals surface area contributed by atoms with E-state index in [1.54, 1.807) is 7.11 Å². The largest absolute Gasteiger partial charge is 0.495 e. The number of ether oxygens (including phenoxy) is 1. The summed E-state index contributed by atoms with van der Waals surface area (Å²) in [7, 11) is 1.60. The van der Waals surface area contributed by atoms with Crippen LogP contribution in [0.25, 0.3) is 11.3 Å². The molecule has 7 heteroatoms. The van der Waals surface area contributed by atoms with E-state index in [1.807, 2.05) is 36.4 Å². The number of hydrogen-bond donors (Lipinski definition) is 1. The zero-order chi connectivity index (χ0) is 20.9. The van der Waals surface area contributed by atoms with Crippen LogP contribution >= 0.6 is 11.6 Å². The van der Waals surface area contributed by atoms with E-state index in [2.05, 4.69) is 40.2 Å². The van der Waals surface area contributed by atoms with Crippen molar-refractivity contribution < 1.29 is 4.74 Å². The smallest absolute Gasteiger partial charge is 0.229 e. The Hall–Kier alpha value is -2.83. The predicted molar refractivity (Wildman–Crippen MR) is 123 cm³/mol. The topological polar surface area (TPSA) is 53.5 Å². The van der Waals surface area contributed by atoms with E-state index in [9.17, 15) is 0 Å². The fourth-order valence-electron chi connectivity index (χ4n) is 3.58. The van der Waals surface area contributed by atoms with Crippen LogP contribution in [0.5, 0.6) is 5.75 Å². The first kappa shape index (κ1) is 20.4. The van der Waals surface area contributed by atoms with E-state index in [0.717, 1.165) is 55.5 Å². The number of halogens is 1. The van der Waals surface area contributed by atoms with Gasteiger partial charge in [-0.05, 0) is 24.7 Å². The van der Waals surface area contributed by atoms with Crippen LogP contribution < -0.4 is 15.0 Å². The van der Waals surface area contributed by atoms with Crippen LogP contribution in [0.3, 0.4) is 0 Å². The van der Waals surface area contributed by atoms with Crippen molar-refractivity contribution in [3.05, 3.63) is 59.6 Å². The maximum absolute atomic E-state index is 6.28. The third-order valence-electron chi connectivity index (χ3n) is 5.33. The lowest BCUT2D eigenvalue weighted by molar-refractivity contribution is 0.270. The Kier molecular flexibility index (Phi) is 6.35. The van der Waals surface area contributed by atoms with Crippen LogP contribution in [-0.2, 0) is 0 Å². The number of nitrogens with one attached hydrogen (secondary N) is 1. The summed E-state index contributed by atoms with van der Waals surface area (Å²) in [5.41, 5.74) is 2.76. The number of aromatic nitrogens is 2. The number of nitrogens with zero attached hydrogens (tertiary/aromatic N) is 4. The second-order valence-corrected chi connectivity index (χ2v) is 7.60. The third kappa shape index (κ3) is 4.66. The van der Waals surface area contributed by atoms with Crippen molar-refractivity contribution in [1.29, 1.82) is 0 Å². The molecule has 0 atom stereocenters. The van der Waals surface area contributed by atoms with Gasteiger partial charge in [0.2, 0.25) is 5.95 Å². The van der Waals surface area contributed by atoms with Crippen molar-refractivity contribution in [3.8, 4) is 17.0 Å². The fourth-order valence-corrected chi connectivity index (χ4v) is 3.83. The third-order valence-corrected chi connectivity index (χ3v) is 5.63. The molecular weight excluding hydrogens is 398 g/mol. The summed E-state index contributed by atoms with van der Waals surface area (Å²) in [4.78, 5) is 14.4. The van der Waals surface area contributed by atoms with Gasteiger partial charge in [0.1, 0.15) is 11.6 Å². The first-order chi connectivity index (χ1) is 14.7. The number of likely N-dealkylation sites (N-methyl/N-ethyl adjacent to an activating group) is 1. The van der Waals surface area contributed by atoms with Crippen molar-refractivity contribution in [3.63, 3.8) is 0 Å². The normalized spacial score (nSPS) is 14.6. The summed E-state index contributed by atoms with van der Waals surface area (Å²) in [6.07, 6.45) is 0. The van der Waals surface area contributed by atoms with E-state index in [-0.39, 0.29) is 0 Å². The fraction of sp³-hybridized carbons (Fsp3) is 0.304. The standard InChI is InChI=1S/C23H26ClN5O/c1-3-28-11-13-29(14-12-28)22-16-20(17-7-5-4-6-8-17)26-23(27-22)25-18-9-10-21(30-2)19(24)15-18/h4-10,15-16H,3,11-14H2,1-2H3,(H,25,26,27). The molecular formula is C23H26ClN5O. The van der Waals surface area contributed by atoms with Gasteiger partial charge in [-0.25, -0.2) is 4.98 Å². The average molecular weight is 424 g/mol. The highest BCUT2D eigenvalue weighted by molar-refractivity contribution is 6.32. The summed E-state index contributed by atoms with van der Waals surface area (Å²) in [5, 5.41) is 3.85. The van der Waals surface area contributed by atoms with Gasteiger partial charge in [-0.3, -0.25) is 0 Å². The van der Waals surface area contributed by atoms with Crippen molar-refractivity contribution in [2.45, 2.75) is 6.92 Å². The molecule has 2 aromatic carbocycles. The SMILES string of the molecule is CCN1CCN(c2cc(-c3ccccc3)nc(Nc3ccc(OC)c(Cl)c3)n2)CC1. The molecule has 1 aromatic heterocycles. The summed E-state index contributed by atoms with van der Waals surface area (Å²) in [5.74, 6) is 2.11. The molecule has 0 spiro atoms. The molecule has 1 N–H and O–H groups in total. The Bertz CT molecular complexity index is 990. The average Bonchev–Trinajstić information content (AvgIpc) is 2.80. The van der Waals surface area contributed by atoms with Gasteiger partial charge in [-0.1, -0.05) is 48.9 Å². The quantitative estimate of drug-likeness (QED) is 0.620. The maximum Gasteiger partial charge on any atom is 0.229 e. The van der Waals surface area contributed by atoms with Gasteiger partial charge in [-0.2, -0.15) is 4.98 Å². The van der Waals surface area contributed by atoms with Crippen LogP contribution in [0.15, 0.2) is 54.6 Å². The lowest BCUT2D eigenvalue weighted by Crippen LogP contribution is -2.46. The number of benzene rings is 2. The summed E-state index contributed by atoms with van der Waals surface area (Å²) in [6, 6.07) is 17.8. The van der Waals surface area contributed by atoms with Gasteiger partial charge in [0, 0.05) is 43.5 Å². The van der Waals surface area contributed by atoms with E-state index in [1.165, 1.54) is 0 Å². The van der Waals surface area contributed by atoms with Gasteiger partial charge in [0.05, 0.1) is 17.8 Å². The van der Waals surface area contributed by atoms with E-state index < -0.39 is 0 Å². The second-order valence-electron chi connectivity index (χ2n) is 7.20. The van der Waals surface area contributed by atoms with E-state index >= 15 is 0 Å². The van der Waals surface area contributed by atoms with Crippen LogP contribution in [0.2, 0.25) is 5.02 Å². The molecule has 0 unspecified atom stereocenters. The number of rotatable bonds is 6. The molecule has 0 bridgehead atoms. The van der Waals surface area contributed by atoms with E-state index in [0.29, 0.717) is 16.7 Å². The first-order valence-corrected chi connectivity index (χ1v) is 10.6. The van der Waals surface area contributed by atoms with Gasteiger partial charge >= 0.3 is 0 Å². The molecule has 1 aliphatic rings. The Morgan fingerprint density at radius 2 is 1.77 bits per heavy atom. The highest BCUT2D eigenvalue weighted by atomic mass is 35.5. The molecule has 2 heterocycles. The molecule has 0 amide bonds. The van der Waals surface area contributed by atoms with Gasteiger partial charge < -0.3 is 19.9 Å². The van der Waals surface area contributed by atoms with Gasteiger partial charge in [0.25, 0.3) is 0 Å². The Balaban J connectivity index is 1.66. The summed E-state index contributed by atoms with van der Waals surface area (Å²) in [6.45, 7) is 7.27. The Morgan fingerprint density at radius 3 is 2.43 bits per heavy atom. The van der Waals surface area contributed by atoms with Crippen molar-refractivity contribution in [2.24, 2.45) is 0 Å². The monoisotopic (exact) mass is 423 g/mol. The van der Waals surface area contributed by atoms with Crippen molar-refractivity contribution in [2.75, 3.05) is 50.1 Å². The minimum atomic E-state index is 0.539. The van der Waals surface area contributed by atoms with Crippen LogP contribution in [-0.4, -0.2) is 54.7 Å². The molecule has 0 saturated carbocycles. The summed E-state index contributed by atoms with van der Waals surface area (Å²) >= 11 is 6.28. The highest BCUT2D eigenvalue weighted by Gasteiger charge is 2.19. The van der Waals surface area contributed by atoms with Crippen LogP contribution in [0, 0.1) is 0 Å². The molecule has 0 radical (unpaired) electrons. The molecule has 1 aliphatic heterocycles. The Labute approximate surface area is 182 Å². The second kappa shape index (κ2) is 9.32. The molecule has 1 fully saturated rings. The molecule has 4 rings (SSSR count). The molecule has 3 aromatic rings. The summed E-state index contributed by atoms with van der Waals surface area (Å²) < 4.78 is 5.24. The Morgan fingerprint density at radius 1 is 1.00 bits per heavy atom. The zero-order valence-electron chi connectivity index (χ0n) is 17.3. The first-order valence-electron chi connectivity index (χ1n) is 10.2. The lowest BCUT2D eigenvalue weighted by Gasteiger charge is -2.35. The van der Waals surface area contributed by atoms with E-state index in [4.69, 9.17) is 26.3 Å². The number of piperazine rings is 1. The highest BCUT2D eigenvalue weighted by Crippen LogP contribution is 2.30. The number of methoxy groups -OCH3 is 1. The van der Waals surface area contributed by atoms with Gasteiger partial charge in [-0.15, -0.1) is 0 Å². The van der Waals surface area contributed by atoms with Gasteiger partial charge in [0.15, 0.2) is 0 Å². The van der Waals surface area contributed by atoms with Crippen molar-refractivity contribution >= 4 is 29.1 Å². The zero-order valence-corrected chi connectivity index (χ0v) is 18.1. The maximum atomic E-state index is 6.28. The van der Waals surface area contributed by atoms with Crippen LogP contribution in [0.1, 0.15) is 6.92 Å². The molecule has 6 nitrogen and oxygen atoms in total. The molecule has 156 valence electrons. The lowest BCUT2D eigenvalue weighted by atomic mass is 10.1. The predicted octanol–water partition coefficient (Wildman–Crippen LogP) is 4.69. The molecule has 30 heavy (non-hydrogen) atoms. The molecule has 0 aliphatic carbocycles. The minimum absolute atomic E-state index is 0.539. The molecule has 1 saturated heterocycles.